The Labute approximate surface area is 158 Å². The van der Waals surface area contributed by atoms with Crippen molar-refractivity contribution >= 4 is 39.8 Å². The molecule has 0 saturated carbocycles. The minimum absolute atomic E-state index is 0.0365. The number of nitro groups is 2. The molecule has 3 aromatic rings. The molecule has 3 rings (SSSR count). The van der Waals surface area contributed by atoms with Crippen molar-refractivity contribution < 1.29 is 15.0 Å². The molecule has 0 atom stereocenters. The van der Waals surface area contributed by atoms with Gasteiger partial charge >= 0.3 is 0 Å². The predicted octanol–water partition coefficient (Wildman–Crippen LogP) is 4.28. The van der Waals surface area contributed by atoms with Crippen LogP contribution >= 0.6 is 0 Å². The summed E-state index contributed by atoms with van der Waals surface area (Å²) in [7, 11) is 0. The van der Waals surface area contributed by atoms with Gasteiger partial charge in [0.2, 0.25) is 0 Å². The highest BCUT2D eigenvalue weighted by Gasteiger charge is 2.25. The normalized spacial score (nSPS) is 10.3. The quantitative estimate of drug-likeness (QED) is 0.213. The van der Waals surface area contributed by atoms with E-state index in [1.54, 1.807) is 24.3 Å². The van der Waals surface area contributed by atoms with Crippen LogP contribution in [0.15, 0.2) is 60.7 Å². The SMILES string of the molecule is Nc1ccc(Nc2cc(Nc3ccc(O)cc3)c([N+](=O)[O-])cc2[N+](=O)[O-])cc1. The Balaban J connectivity index is 2.06. The van der Waals surface area contributed by atoms with Crippen LogP contribution in [0, 0.1) is 20.2 Å². The molecular weight excluding hydrogens is 366 g/mol. The zero-order valence-corrected chi connectivity index (χ0v) is 14.3. The van der Waals surface area contributed by atoms with E-state index in [1.807, 2.05) is 0 Å². The topological polar surface area (TPSA) is 157 Å². The molecule has 28 heavy (non-hydrogen) atoms. The van der Waals surface area contributed by atoms with Crippen molar-refractivity contribution in [2.45, 2.75) is 0 Å². The van der Waals surface area contributed by atoms with E-state index < -0.39 is 21.2 Å². The summed E-state index contributed by atoms with van der Waals surface area (Å²) >= 11 is 0. The number of phenols is 1. The lowest BCUT2D eigenvalue weighted by Crippen LogP contribution is -2.03. The van der Waals surface area contributed by atoms with Gasteiger partial charge in [0, 0.05) is 17.1 Å². The molecular formula is C18H15N5O5. The number of hydrogen-bond acceptors (Lipinski definition) is 8. The maximum atomic E-state index is 11.4. The van der Waals surface area contributed by atoms with E-state index in [4.69, 9.17) is 5.73 Å². The maximum Gasteiger partial charge on any atom is 0.299 e. The van der Waals surface area contributed by atoms with Crippen LogP contribution in [0.1, 0.15) is 0 Å². The van der Waals surface area contributed by atoms with Gasteiger partial charge in [0.25, 0.3) is 11.4 Å². The van der Waals surface area contributed by atoms with Crippen LogP contribution in [-0.4, -0.2) is 15.0 Å². The molecule has 0 heterocycles. The number of nitrogens with one attached hydrogen (secondary N) is 2. The minimum atomic E-state index is -0.706. The molecule has 0 aliphatic heterocycles. The first kappa shape index (κ1) is 18.5. The Hall–Kier alpha value is -4.34. The lowest BCUT2D eigenvalue weighted by molar-refractivity contribution is -0.393. The highest BCUT2D eigenvalue weighted by Crippen LogP contribution is 2.39. The Bertz CT molecular complexity index is 955. The van der Waals surface area contributed by atoms with Crippen LogP contribution in [-0.2, 0) is 0 Å². The number of nitrogen functional groups attached to an aromatic ring is 1. The van der Waals surface area contributed by atoms with Crippen LogP contribution in [0.4, 0.5) is 39.8 Å². The van der Waals surface area contributed by atoms with Crippen molar-refractivity contribution in [3.05, 3.63) is 80.9 Å². The summed E-state index contributed by atoms with van der Waals surface area (Å²) in [5.74, 6) is 0.0365. The second kappa shape index (κ2) is 7.50. The van der Waals surface area contributed by atoms with Crippen molar-refractivity contribution in [1.82, 2.24) is 0 Å². The van der Waals surface area contributed by atoms with Gasteiger partial charge in [0.15, 0.2) is 0 Å². The van der Waals surface area contributed by atoms with Crippen LogP contribution in [0.3, 0.4) is 0 Å². The zero-order chi connectivity index (χ0) is 20.3. The lowest BCUT2D eigenvalue weighted by Gasteiger charge is -2.12. The van der Waals surface area contributed by atoms with E-state index in [-0.39, 0.29) is 17.1 Å². The molecule has 3 aromatic carbocycles. The molecule has 10 nitrogen and oxygen atoms in total. The molecule has 0 radical (unpaired) electrons. The molecule has 0 bridgehead atoms. The van der Waals surface area contributed by atoms with Crippen LogP contribution in [0.25, 0.3) is 0 Å². The summed E-state index contributed by atoms with van der Waals surface area (Å²) in [5.41, 5.74) is 6.38. The fourth-order valence-corrected chi connectivity index (χ4v) is 2.50. The molecule has 142 valence electrons. The van der Waals surface area contributed by atoms with Gasteiger partial charge in [-0.1, -0.05) is 0 Å². The number of aromatic hydroxyl groups is 1. The Morgan fingerprint density at radius 1 is 0.750 bits per heavy atom. The second-order valence-corrected chi connectivity index (χ2v) is 5.82. The van der Waals surface area contributed by atoms with Crippen molar-refractivity contribution in [3.63, 3.8) is 0 Å². The minimum Gasteiger partial charge on any atom is -0.508 e. The number of nitro benzene ring substituents is 2. The van der Waals surface area contributed by atoms with Crippen molar-refractivity contribution in [3.8, 4) is 5.75 Å². The van der Waals surface area contributed by atoms with Gasteiger partial charge in [0.1, 0.15) is 17.1 Å². The first-order valence-corrected chi connectivity index (χ1v) is 7.99. The molecule has 0 unspecified atom stereocenters. The van der Waals surface area contributed by atoms with Gasteiger partial charge in [-0.15, -0.1) is 0 Å². The van der Waals surface area contributed by atoms with Gasteiger partial charge in [-0.3, -0.25) is 20.2 Å². The summed E-state index contributed by atoms with van der Waals surface area (Å²) in [6.07, 6.45) is 0. The molecule has 0 aromatic heterocycles. The fraction of sp³-hybridized carbons (Fsp3) is 0. The number of rotatable bonds is 6. The fourth-order valence-electron chi connectivity index (χ4n) is 2.50. The summed E-state index contributed by atoms with van der Waals surface area (Å²) < 4.78 is 0. The number of nitrogens with zero attached hydrogens (tertiary/aromatic N) is 2. The second-order valence-electron chi connectivity index (χ2n) is 5.82. The summed E-state index contributed by atoms with van der Waals surface area (Å²) in [6.45, 7) is 0. The van der Waals surface area contributed by atoms with Gasteiger partial charge < -0.3 is 21.5 Å². The highest BCUT2D eigenvalue weighted by atomic mass is 16.6. The largest absolute Gasteiger partial charge is 0.508 e. The molecule has 10 heteroatoms. The number of benzene rings is 3. The van der Waals surface area contributed by atoms with Gasteiger partial charge in [-0.2, -0.15) is 0 Å². The first-order valence-electron chi connectivity index (χ1n) is 7.99. The van der Waals surface area contributed by atoms with Gasteiger partial charge in [-0.05, 0) is 54.6 Å². The summed E-state index contributed by atoms with van der Waals surface area (Å²) in [4.78, 5) is 21.4. The van der Waals surface area contributed by atoms with Crippen molar-refractivity contribution in [2.24, 2.45) is 0 Å². The van der Waals surface area contributed by atoms with E-state index in [9.17, 15) is 25.3 Å². The molecule has 0 aliphatic carbocycles. The summed E-state index contributed by atoms with van der Waals surface area (Å²) in [5, 5.41) is 37.9. The average Bonchev–Trinajstić information content (AvgIpc) is 2.65. The molecule has 0 aliphatic rings. The third kappa shape index (κ3) is 4.07. The molecule has 0 amide bonds. The highest BCUT2D eigenvalue weighted by molar-refractivity contribution is 5.82. The van der Waals surface area contributed by atoms with E-state index in [1.165, 1.54) is 30.3 Å². The number of nitrogens with two attached hydrogens (primary N) is 1. The number of hydrogen-bond donors (Lipinski definition) is 4. The smallest absolute Gasteiger partial charge is 0.299 e. The Morgan fingerprint density at radius 3 is 1.61 bits per heavy atom. The molecule has 0 spiro atoms. The van der Waals surface area contributed by atoms with Crippen molar-refractivity contribution in [1.29, 1.82) is 0 Å². The summed E-state index contributed by atoms with van der Waals surface area (Å²) in [6, 6.07) is 14.6. The van der Waals surface area contributed by atoms with Crippen LogP contribution in [0.2, 0.25) is 0 Å². The lowest BCUT2D eigenvalue weighted by atomic mass is 10.1. The van der Waals surface area contributed by atoms with Gasteiger partial charge in [0.05, 0.1) is 15.9 Å². The third-order valence-corrected chi connectivity index (χ3v) is 3.84. The van der Waals surface area contributed by atoms with Crippen molar-refractivity contribution in [2.75, 3.05) is 16.4 Å². The van der Waals surface area contributed by atoms with Crippen LogP contribution < -0.4 is 16.4 Å². The Morgan fingerprint density at radius 2 is 1.18 bits per heavy atom. The van der Waals surface area contributed by atoms with Gasteiger partial charge in [-0.25, -0.2) is 0 Å². The monoisotopic (exact) mass is 381 g/mol. The first-order chi connectivity index (χ1) is 13.3. The van der Waals surface area contributed by atoms with E-state index in [0.717, 1.165) is 6.07 Å². The van der Waals surface area contributed by atoms with E-state index >= 15 is 0 Å². The molecule has 5 N–H and O–H groups in total. The Kier molecular flexibility index (Phi) is 4.94. The van der Waals surface area contributed by atoms with Crippen LogP contribution in [0.5, 0.6) is 5.75 Å². The standard InChI is InChI=1S/C18H15N5O5/c19-11-1-3-12(4-2-11)20-15-9-16(21-13-5-7-14(24)8-6-13)18(23(27)28)10-17(15)22(25)26/h1-10,20-21,24H,19H2. The predicted molar refractivity (Wildman–Crippen MR) is 105 cm³/mol. The van der Waals surface area contributed by atoms with E-state index in [2.05, 4.69) is 10.6 Å². The molecule has 0 saturated heterocycles. The van der Waals surface area contributed by atoms with E-state index in [0.29, 0.717) is 17.1 Å². The number of phenolic OH excluding ortho intramolecular Hbond substituents is 1. The average molecular weight is 381 g/mol. The zero-order valence-electron chi connectivity index (χ0n) is 14.3. The maximum absolute atomic E-state index is 11.4. The molecule has 0 fully saturated rings. The third-order valence-electron chi connectivity index (χ3n) is 3.84. The number of anilines is 5.